The molecule has 0 aliphatic rings. The number of benzene rings is 1. The average Bonchev–Trinajstić information content (AvgIpc) is 2.56. The van der Waals surface area contributed by atoms with E-state index in [-0.39, 0.29) is 12.1 Å². The summed E-state index contributed by atoms with van der Waals surface area (Å²) in [5, 5.41) is 4.07. The van der Waals surface area contributed by atoms with Crippen molar-refractivity contribution in [2.75, 3.05) is 0 Å². The number of hydrogen-bond donors (Lipinski definition) is 1. The van der Waals surface area contributed by atoms with E-state index >= 15 is 0 Å². The van der Waals surface area contributed by atoms with Gasteiger partial charge in [0.15, 0.2) is 0 Å². The van der Waals surface area contributed by atoms with Gasteiger partial charge in [-0.2, -0.15) is 0 Å². The van der Waals surface area contributed by atoms with Crippen molar-refractivity contribution in [1.29, 1.82) is 0 Å². The topological polar surface area (TPSA) is 77.4 Å². The summed E-state index contributed by atoms with van der Waals surface area (Å²) in [7, 11) is 0. The van der Waals surface area contributed by atoms with Crippen molar-refractivity contribution in [3.05, 3.63) is 46.9 Å². The Morgan fingerprint density at radius 1 is 1.19 bits per heavy atom. The standard InChI is InChI=1S/C20H26N2O4/c1-5-8-16(19(25)26-20(2,3)4)21-17(23)13-22-12-11-14-9-6-7-10-15(14)18(22)24/h6-7,9-12,16H,5,8,13H2,1-4H3,(H,21,23). The average molecular weight is 358 g/mol. The van der Waals surface area contributed by atoms with Crippen molar-refractivity contribution in [3.63, 3.8) is 0 Å². The quantitative estimate of drug-likeness (QED) is 0.805. The van der Waals surface area contributed by atoms with Crippen LogP contribution in [0.1, 0.15) is 40.5 Å². The van der Waals surface area contributed by atoms with Gasteiger partial charge in [0.1, 0.15) is 18.2 Å². The number of nitrogens with one attached hydrogen (secondary N) is 1. The number of nitrogens with zero attached hydrogens (tertiary/aromatic N) is 1. The molecule has 0 spiro atoms. The minimum Gasteiger partial charge on any atom is -0.458 e. The fourth-order valence-corrected chi connectivity index (χ4v) is 2.66. The number of ether oxygens (including phenoxy) is 1. The smallest absolute Gasteiger partial charge is 0.329 e. The highest BCUT2D eigenvalue weighted by Gasteiger charge is 2.26. The lowest BCUT2D eigenvalue weighted by atomic mass is 10.1. The molecule has 0 saturated carbocycles. The lowest BCUT2D eigenvalue weighted by Gasteiger charge is -2.24. The fraction of sp³-hybridized carbons (Fsp3) is 0.450. The zero-order valence-electron chi connectivity index (χ0n) is 15.7. The Kier molecular flexibility index (Phi) is 6.18. The molecule has 0 aliphatic carbocycles. The van der Waals surface area contributed by atoms with Crippen molar-refractivity contribution in [3.8, 4) is 0 Å². The first-order chi connectivity index (χ1) is 12.2. The minimum atomic E-state index is -0.720. The Balaban J connectivity index is 2.12. The molecule has 0 saturated heterocycles. The van der Waals surface area contributed by atoms with Gasteiger partial charge in [-0.25, -0.2) is 4.79 Å². The van der Waals surface area contributed by atoms with Crippen molar-refractivity contribution >= 4 is 22.6 Å². The molecule has 6 heteroatoms. The zero-order valence-corrected chi connectivity index (χ0v) is 15.7. The number of amides is 1. The summed E-state index contributed by atoms with van der Waals surface area (Å²) in [5.74, 6) is -0.856. The van der Waals surface area contributed by atoms with Crippen LogP contribution < -0.4 is 10.9 Å². The first kappa shape index (κ1) is 19.7. The number of aromatic nitrogens is 1. The molecule has 1 N–H and O–H groups in total. The molecule has 1 amide bonds. The van der Waals surface area contributed by atoms with Gasteiger partial charge >= 0.3 is 5.97 Å². The number of carbonyl (C=O) groups excluding carboxylic acids is 2. The highest BCUT2D eigenvalue weighted by Crippen LogP contribution is 2.11. The third-order valence-electron chi connectivity index (χ3n) is 3.80. The Labute approximate surface area is 153 Å². The van der Waals surface area contributed by atoms with Crippen LogP contribution in [-0.4, -0.2) is 28.1 Å². The molecule has 1 aromatic carbocycles. The van der Waals surface area contributed by atoms with Crippen molar-refractivity contribution in [2.45, 2.75) is 58.7 Å². The largest absolute Gasteiger partial charge is 0.458 e. The molecule has 1 aromatic heterocycles. The molecule has 2 rings (SSSR count). The van der Waals surface area contributed by atoms with Crippen LogP contribution in [0.25, 0.3) is 10.8 Å². The maximum Gasteiger partial charge on any atom is 0.329 e. The Morgan fingerprint density at radius 2 is 1.88 bits per heavy atom. The van der Waals surface area contributed by atoms with Crippen molar-refractivity contribution in [2.24, 2.45) is 0 Å². The molecular formula is C20H26N2O4. The second-order valence-corrected chi connectivity index (χ2v) is 7.28. The number of fused-ring (bicyclic) bond motifs is 1. The highest BCUT2D eigenvalue weighted by atomic mass is 16.6. The van der Waals surface area contributed by atoms with Crippen LogP contribution in [0.4, 0.5) is 0 Å². The van der Waals surface area contributed by atoms with E-state index in [1.54, 1.807) is 45.2 Å². The van der Waals surface area contributed by atoms with E-state index in [1.165, 1.54) is 4.57 Å². The van der Waals surface area contributed by atoms with E-state index in [4.69, 9.17) is 4.74 Å². The number of hydrogen-bond acceptors (Lipinski definition) is 4. The molecule has 0 fully saturated rings. The maximum atomic E-state index is 12.5. The molecule has 1 atom stereocenters. The van der Waals surface area contributed by atoms with E-state index < -0.39 is 23.5 Å². The Bertz CT molecular complexity index is 849. The summed E-state index contributed by atoms with van der Waals surface area (Å²) in [6.07, 6.45) is 2.79. The molecule has 140 valence electrons. The summed E-state index contributed by atoms with van der Waals surface area (Å²) in [6.45, 7) is 7.13. The predicted octanol–water partition coefficient (Wildman–Crippen LogP) is 2.63. The number of esters is 1. The number of rotatable bonds is 6. The lowest BCUT2D eigenvalue weighted by molar-refractivity contribution is -0.158. The molecule has 0 bridgehead atoms. The summed E-state index contributed by atoms with van der Waals surface area (Å²) in [6, 6.07) is 8.29. The monoisotopic (exact) mass is 358 g/mol. The van der Waals surface area contributed by atoms with Gasteiger partial charge in [0.2, 0.25) is 5.91 Å². The molecule has 2 aromatic rings. The van der Waals surface area contributed by atoms with E-state index in [9.17, 15) is 14.4 Å². The van der Waals surface area contributed by atoms with Gasteiger partial charge in [0.05, 0.1) is 0 Å². The summed E-state index contributed by atoms with van der Waals surface area (Å²) < 4.78 is 6.71. The van der Waals surface area contributed by atoms with Crippen LogP contribution in [-0.2, 0) is 20.9 Å². The van der Waals surface area contributed by atoms with Crippen LogP contribution in [0.5, 0.6) is 0 Å². The predicted molar refractivity (Wildman–Crippen MR) is 101 cm³/mol. The molecule has 0 aliphatic heterocycles. The molecule has 1 unspecified atom stereocenters. The Hall–Kier alpha value is -2.63. The SMILES string of the molecule is CCCC(NC(=O)Cn1ccc2ccccc2c1=O)C(=O)OC(C)(C)C. The summed E-state index contributed by atoms with van der Waals surface area (Å²) >= 11 is 0. The van der Waals surface area contributed by atoms with Gasteiger partial charge in [-0.3, -0.25) is 9.59 Å². The molecule has 0 radical (unpaired) electrons. The number of carbonyl (C=O) groups is 2. The van der Waals surface area contributed by atoms with Gasteiger partial charge in [-0.1, -0.05) is 31.5 Å². The van der Waals surface area contributed by atoms with Gasteiger partial charge < -0.3 is 14.6 Å². The molecular weight excluding hydrogens is 332 g/mol. The summed E-state index contributed by atoms with van der Waals surface area (Å²) in [5.41, 5.74) is -0.856. The van der Waals surface area contributed by atoms with Crippen molar-refractivity contribution < 1.29 is 14.3 Å². The van der Waals surface area contributed by atoms with Gasteiger partial charge in [-0.05, 0) is 44.7 Å². The Morgan fingerprint density at radius 3 is 2.54 bits per heavy atom. The third kappa shape index (κ3) is 5.18. The van der Waals surface area contributed by atoms with E-state index in [0.29, 0.717) is 11.8 Å². The van der Waals surface area contributed by atoms with E-state index in [1.807, 2.05) is 19.1 Å². The van der Waals surface area contributed by atoms with Crippen LogP contribution in [0.3, 0.4) is 0 Å². The van der Waals surface area contributed by atoms with Crippen LogP contribution in [0, 0.1) is 0 Å². The normalized spacial score (nSPS) is 12.6. The fourth-order valence-electron chi connectivity index (χ4n) is 2.66. The summed E-state index contributed by atoms with van der Waals surface area (Å²) in [4.78, 5) is 37.1. The van der Waals surface area contributed by atoms with Gasteiger partial charge in [0, 0.05) is 11.6 Å². The zero-order chi connectivity index (χ0) is 19.3. The number of pyridine rings is 1. The first-order valence-corrected chi connectivity index (χ1v) is 8.81. The van der Waals surface area contributed by atoms with Crippen molar-refractivity contribution in [1.82, 2.24) is 9.88 Å². The molecule has 1 heterocycles. The van der Waals surface area contributed by atoms with Crippen LogP contribution in [0.2, 0.25) is 0 Å². The second kappa shape index (κ2) is 8.17. The third-order valence-corrected chi connectivity index (χ3v) is 3.80. The highest BCUT2D eigenvalue weighted by molar-refractivity contribution is 5.85. The van der Waals surface area contributed by atoms with E-state index in [0.717, 1.165) is 11.8 Å². The minimum absolute atomic E-state index is 0.146. The molecule has 6 nitrogen and oxygen atoms in total. The maximum absolute atomic E-state index is 12.5. The molecule has 26 heavy (non-hydrogen) atoms. The first-order valence-electron chi connectivity index (χ1n) is 8.81. The second-order valence-electron chi connectivity index (χ2n) is 7.28. The van der Waals surface area contributed by atoms with Gasteiger partial charge in [0.25, 0.3) is 5.56 Å². The van der Waals surface area contributed by atoms with Gasteiger partial charge in [-0.15, -0.1) is 0 Å². The van der Waals surface area contributed by atoms with Crippen LogP contribution in [0.15, 0.2) is 41.3 Å². The lowest BCUT2D eigenvalue weighted by Crippen LogP contribution is -2.45. The van der Waals surface area contributed by atoms with Crippen LogP contribution >= 0.6 is 0 Å². The van der Waals surface area contributed by atoms with E-state index in [2.05, 4.69) is 5.32 Å².